The van der Waals surface area contributed by atoms with E-state index in [1.54, 1.807) is 12.3 Å². The Balaban J connectivity index is 1.79. The summed E-state index contributed by atoms with van der Waals surface area (Å²) >= 11 is 0. The van der Waals surface area contributed by atoms with Gasteiger partial charge in [-0.3, -0.25) is 4.98 Å². The van der Waals surface area contributed by atoms with Crippen molar-refractivity contribution in [2.75, 3.05) is 0 Å². The Labute approximate surface area is 193 Å². The minimum atomic E-state index is -0.232. The normalized spacial score (nSPS) is 13.7. The first-order valence-corrected chi connectivity index (χ1v) is 12.6. The molecule has 4 rings (SSSR count). The Kier molecular flexibility index (Phi) is 7.40. The lowest BCUT2D eigenvalue weighted by atomic mass is 9.70. The molecule has 0 spiro atoms. The summed E-state index contributed by atoms with van der Waals surface area (Å²) < 4.78 is 13.9. The maximum absolute atomic E-state index is 13.9. The van der Waals surface area contributed by atoms with Gasteiger partial charge < -0.3 is 0 Å². The molecule has 1 aliphatic carbocycles. The van der Waals surface area contributed by atoms with Crippen molar-refractivity contribution in [3.05, 3.63) is 77.7 Å². The topological polar surface area (TPSA) is 12.9 Å². The summed E-state index contributed by atoms with van der Waals surface area (Å²) in [6, 6.07) is 18.6. The molecular formula is C30H36FN. The SMILES string of the molecule is CCCCCCC1(CCCCCC)c2ccccc2-c2ccc(-c3cc(F)ccn3)cc21. The van der Waals surface area contributed by atoms with E-state index in [2.05, 4.69) is 61.3 Å². The summed E-state index contributed by atoms with van der Waals surface area (Å²) in [6.45, 7) is 4.55. The molecule has 2 aromatic carbocycles. The molecule has 0 atom stereocenters. The van der Waals surface area contributed by atoms with E-state index in [1.807, 2.05) is 0 Å². The summed E-state index contributed by atoms with van der Waals surface area (Å²) in [5, 5.41) is 0. The molecule has 0 saturated carbocycles. The molecular weight excluding hydrogens is 393 g/mol. The summed E-state index contributed by atoms with van der Waals surface area (Å²) in [7, 11) is 0. The number of hydrogen-bond donors (Lipinski definition) is 0. The minimum Gasteiger partial charge on any atom is -0.256 e. The zero-order valence-electron chi connectivity index (χ0n) is 19.7. The van der Waals surface area contributed by atoms with Crippen LogP contribution in [0.5, 0.6) is 0 Å². The van der Waals surface area contributed by atoms with Crippen molar-refractivity contribution in [1.82, 2.24) is 4.98 Å². The third-order valence-electron chi connectivity index (χ3n) is 7.20. The van der Waals surface area contributed by atoms with E-state index in [1.165, 1.54) is 92.5 Å². The maximum atomic E-state index is 13.9. The van der Waals surface area contributed by atoms with Gasteiger partial charge in [0.25, 0.3) is 0 Å². The van der Waals surface area contributed by atoms with Gasteiger partial charge in [0.05, 0.1) is 5.69 Å². The molecule has 0 saturated heterocycles. The van der Waals surface area contributed by atoms with Gasteiger partial charge in [0.2, 0.25) is 0 Å². The molecule has 0 bridgehead atoms. The third kappa shape index (κ3) is 4.51. The van der Waals surface area contributed by atoms with Gasteiger partial charge in [0, 0.05) is 23.2 Å². The van der Waals surface area contributed by atoms with E-state index in [0.29, 0.717) is 0 Å². The molecule has 0 unspecified atom stereocenters. The molecule has 1 heterocycles. The average Bonchev–Trinajstić information content (AvgIpc) is 3.09. The van der Waals surface area contributed by atoms with Crippen LogP contribution in [0.2, 0.25) is 0 Å². The fourth-order valence-electron chi connectivity index (χ4n) is 5.55. The summed E-state index contributed by atoms with van der Waals surface area (Å²) in [5.74, 6) is -0.232. The zero-order valence-corrected chi connectivity index (χ0v) is 19.7. The number of aromatic nitrogens is 1. The maximum Gasteiger partial charge on any atom is 0.126 e. The minimum absolute atomic E-state index is 0.0523. The van der Waals surface area contributed by atoms with E-state index in [0.717, 1.165) is 11.3 Å². The molecule has 1 nitrogen and oxygen atoms in total. The Bertz CT molecular complexity index is 1030. The number of fused-ring (bicyclic) bond motifs is 3. The predicted octanol–water partition coefficient (Wildman–Crippen LogP) is 9.10. The van der Waals surface area contributed by atoms with Gasteiger partial charge in [-0.2, -0.15) is 0 Å². The van der Waals surface area contributed by atoms with Crippen molar-refractivity contribution in [3.8, 4) is 22.4 Å². The fraction of sp³-hybridized carbons (Fsp3) is 0.433. The highest BCUT2D eigenvalue weighted by molar-refractivity contribution is 5.83. The van der Waals surface area contributed by atoms with Crippen molar-refractivity contribution in [2.24, 2.45) is 0 Å². The number of hydrogen-bond acceptors (Lipinski definition) is 1. The highest BCUT2D eigenvalue weighted by Crippen LogP contribution is 2.54. The van der Waals surface area contributed by atoms with Crippen LogP contribution in [0.15, 0.2) is 60.8 Å². The molecule has 168 valence electrons. The Hall–Kier alpha value is -2.48. The summed E-state index contributed by atoms with van der Waals surface area (Å²) in [4.78, 5) is 4.47. The lowest BCUT2D eigenvalue weighted by Gasteiger charge is -2.33. The molecule has 0 radical (unpaired) electrons. The molecule has 1 aromatic heterocycles. The highest BCUT2D eigenvalue weighted by Gasteiger charge is 2.42. The molecule has 0 amide bonds. The standard InChI is InChI=1S/C30H36FN/c1-3-5-7-11-18-30(19-12-8-6-4-2)27-14-10-9-13-25(27)26-16-15-23(21-28(26)30)29-22-24(31)17-20-32-29/h9-10,13-17,20-22H,3-8,11-12,18-19H2,1-2H3. The zero-order chi connectivity index (χ0) is 22.4. The van der Waals surface area contributed by atoms with Crippen LogP contribution in [-0.4, -0.2) is 4.98 Å². The largest absolute Gasteiger partial charge is 0.256 e. The van der Waals surface area contributed by atoms with Gasteiger partial charge in [-0.1, -0.05) is 102 Å². The second kappa shape index (κ2) is 10.4. The molecule has 1 aliphatic rings. The third-order valence-corrected chi connectivity index (χ3v) is 7.20. The van der Waals surface area contributed by atoms with Crippen LogP contribution < -0.4 is 0 Å². The van der Waals surface area contributed by atoms with Crippen molar-refractivity contribution in [2.45, 2.75) is 83.5 Å². The lowest BCUT2D eigenvalue weighted by Crippen LogP contribution is -2.25. The number of rotatable bonds is 11. The first kappa shape index (κ1) is 22.7. The second-order valence-electron chi connectivity index (χ2n) is 9.37. The molecule has 0 fully saturated rings. The number of benzene rings is 2. The van der Waals surface area contributed by atoms with Crippen LogP contribution in [0.1, 0.15) is 89.2 Å². The van der Waals surface area contributed by atoms with E-state index in [4.69, 9.17) is 0 Å². The smallest absolute Gasteiger partial charge is 0.126 e. The second-order valence-corrected chi connectivity index (χ2v) is 9.37. The van der Waals surface area contributed by atoms with Gasteiger partial charge >= 0.3 is 0 Å². The van der Waals surface area contributed by atoms with E-state index >= 15 is 0 Å². The van der Waals surface area contributed by atoms with Crippen LogP contribution in [0, 0.1) is 5.82 Å². The molecule has 3 aromatic rings. The lowest BCUT2D eigenvalue weighted by molar-refractivity contribution is 0.401. The predicted molar refractivity (Wildman–Crippen MR) is 133 cm³/mol. The molecule has 0 N–H and O–H groups in total. The van der Waals surface area contributed by atoms with E-state index in [9.17, 15) is 4.39 Å². The quantitative estimate of drug-likeness (QED) is 0.277. The summed E-state index contributed by atoms with van der Waals surface area (Å²) in [6.07, 6.45) is 14.1. The molecule has 2 heteroatoms. The van der Waals surface area contributed by atoms with Crippen LogP contribution in [0.4, 0.5) is 4.39 Å². The fourth-order valence-corrected chi connectivity index (χ4v) is 5.55. The van der Waals surface area contributed by atoms with E-state index < -0.39 is 0 Å². The Morgan fingerprint density at radius 2 is 1.41 bits per heavy atom. The first-order valence-electron chi connectivity index (χ1n) is 12.6. The first-order chi connectivity index (χ1) is 15.7. The van der Waals surface area contributed by atoms with Crippen molar-refractivity contribution >= 4 is 0 Å². The average molecular weight is 430 g/mol. The van der Waals surface area contributed by atoms with Crippen LogP contribution in [0.3, 0.4) is 0 Å². The van der Waals surface area contributed by atoms with Crippen molar-refractivity contribution in [1.29, 1.82) is 0 Å². The van der Waals surface area contributed by atoms with Crippen molar-refractivity contribution < 1.29 is 4.39 Å². The van der Waals surface area contributed by atoms with Gasteiger partial charge in [0.1, 0.15) is 5.82 Å². The monoisotopic (exact) mass is 429 g/mol. The number of halogens is 1. The number of pyridine rings is 1. The molecule has 32 heavy (non-hydrogen) atoms. The van der Waals surface area contributed by atoms with Crippen LogP contribution in [-0.2, 0) is 5.41 Å². The Morgan fingerprint density at radius 1 is 0.719 bits per heavy atom. The van der Waals surface area contributed by atoms with Gasteiger partial charge in [-0.05, 0) is 47.2 Å². The van der Waals surface area contributed by atoms with Crippen LogP contribution >= 0.6 is 0 Å². The van der Waals surface area contributed by atoms with E-state index in [-0.39, 0.29) is 11.2 Å². The summed E-state index contributed by atoms with van der Waals surface area (Å²) in [5.41, 5.74) is 7.44. The van der Waals surface area contributed by atoms with Crippen LogP contribution in [0.25, 0.3) is 22.4 Å². The highest BCUT2D eigenvalue weighted by atomic mass is 19.1. The number of unbranched alkanes of at least 4 members (excludes halogenated alkanes) is 6. The van der Waals surface area contributed by atoms with Gasteiger partial charge in [0.15, 0.2) is 0 Å². The van der Waals surface area contributed by atoms with Gasteiger partial charge in [-0.15, -0.1) is 0 Å². The molecule has 0 aliphatic heterocycles. The number of nitrogens with zero attached hydrogens (tertiary/aromatic N) is 1. The van der Waals surface area contributed by atoms with Gasteiger partial charge in [-0.25, -0.2) is 4.39 Å². The Morgan fingerprint density at radius 3 is 2.09 bits per heavy atom. The van der Waals surface area contributed by atoms with Crippen molar-refractivity contribution in [3.63, 3.8) is 0 Å².